The van der Waals surface area contributed by atoms with Crippen molar-refractivity contribution in [2.75, 3.05) is 23.8 Å². The molecule has 0 radical (unpaired) electrons. The van der Waals surface area contributed by atoms with E-state index in [0.717, 1.165) is 27.9 Å². The number of nitrogens with zero attached hydrogens (tertiary/aromatic N) is 1. The van der Waals surface area contributed by atoms with Gasteiger partial charge in [0, 0.05) is 11.4 Å². The van der Waals surface area contributed by atoms with Crippen molar-refractivity contribution in [3.8, 4) is 11.5 Å². The maximum atomic E-state index is 12.4. The first kappa shape index (κ1) is 27.9. The Labute approximate surface area is 222 Å². The minimum absolute atomic E-state index is 0.202. The lowest BCUT2D eigenvalue weighted by molar-refractivity contribution is -0.136. The predicted molar refractivity (Wildman–Crippen MR) is 148 cm³/mol. The molecule has 9 heteroatoms. The summed E-state index contributed by atoms with van der Waals surface area (Å²) in [4.78, 5) is 36.8. The van der Waals surface area contributed by atoms with Gasteiger partial charge in [-0.05, 0) is 81.1 Å². The number of hydrazone groups is 1. The Morgan fingerprint density at radius 3 is 2.24 bits per heavy atom. The van der Waals surface area contributed by atoms with E-state index in [4.69, 9.17) is 9.47 Å². The molecule has 38 heavy (non-hydrogen) atoms. The predicted octanol–water partition coefficient (Wildman–Crippen LogP) is 4.43. The van der Waals surface area contributed by atoms with Gasteiger partial charge < -0.3 is 20.1 Å². The summed E-state index contributed by atoms with van der Waals surface area (Å²) >= 11 is 0. The van der Waals surface area contributed by atoms with E-state index in [0.29, 0.717) is 29.4 Å². The second-order valence-electron chi connectivity index (χ2n) is 8.71. The molecule has 3 N–H and O–H groups in total. The second kappa shape index (κ2) is 13.0. The van der Waals surface area contributed by atoms with Crippen LogP contribution in [0.25, 0.3) is 0 Å². The topological polar surface area (TPSA) is 118 Å². The Morgan fingerprint density at radius 2 is 1.55 bits per heavy atom. The molecule has 3 aromatic carbocycles. The Bertz CT molecular complexity index is 1350. The molecule has 0 saturated carbocycles. The van der Waals surface area contributed by atoms with Crippen molar-refractivity contribution < 1.29 is 23.9 Å². The van der Waals surface area contributed by atoms with Crippen molar-refractivity contribution in [1.29, 1.82) is 0 Å². The molecular formula is C29H32N4O5. The van der Waals surface area contributed by atoms with E-state index in [1.807, 2.05) is 71.0 Å². The molecule has 0 atom stereocenters. The van der Waals surface area contributed by atoms with Crippen molar-refractivity contribution in [3.63, 3.8) is 0 Å². The third kappa shape index (κ3) is 7.67. The number of para-hydroxylation sites is 1. The maximum Gasteiger partial charge on any atom is 0.329 e. The number of hydrogen-bond donors (Lipinski definition) is 3. The highest BCUT2D eigenvalue weighted by Gasteiger charge is 2.15. The number of nitrogens with one attached hydrogen (secondary N) is 3. The van der Waals surface area contributed by atoms with Crippen LogP contribution in [0.4, 0.5) is 11.4 Å². The van der Waals surface area contributed by atoms with Gasteiger partial charge in [0.25, 0.3) is 5.91 Å². The second-order valence-corrected chi connectivity index (χ2v) is 8.71. The molecule has 0 heterocycles. The molecule has 0 bridgehead atoms. The summed E-state index contributed by atoms with van der Waals surface area (Å²) in [5.41, 5.74) is 7.91. The Hall–Kier alpha value is -4.66. The lowest BCUT2D eigenvalue weighted by atomic mass is 10.1. The van der Waals surface area contributed by atoms with Crippen LogP contribution in [0.3, 0.4) is 0 Å². The Kier molecular flexibility index (Phi) is 9.59. The van der Waals surface area contributed by atoms with Gasteiger partial charge in [-0.2, -0.15) is 5.10 Å². The number of hydrogen-bond acceptors (Lipinski definition) is 6. The first-order chi connectivity index (χ1) is 18.2. The molecule has 3 rings (SSSR count). The van der Waals surface area contributed by atoms with Crippen LogP contribution in [-0.2, 0) is 14.4 Å². The van der Waals surface area contributed by atoms with E-state index < -0.39 is 11.8 Å². The SMILES string of the molecule is CCOc1cc(/C=N\NC(=O)C(=O)Nc2c(C)cccc2C)ccc1OCC(=O)Nc1ccc(C)cc1C. The van der Waals surface area contributed by atoms with Gasteiger partial charge in [-0.3, -0.25) is 14.4 Å². The van der Waals surface area contributed by atoms with Gasteiger partial charge >= 0.3 is 11.8 Å². The molecule has 0 unspecified atom stereocenters. The number of benzene rings is 3. The molecule has 0 saturated heterocycles. The van der Waals surface area contributed by atoms with Gasteiger partial charge in [0.15, 0.2) is 18.1 Å². The quantitative estimate of drug-likeness (QED) is 0.221. The molecule has 0 aliphatic heterocycles. The number of anilines is 2. The van der Waals surface area contributed by atoms with Crippen LogP contribution in [0.15, 0.2) is 59.7 Å². The van der Waals surface area contributed by atoms with Crippen LogP contribution in [0, 0.1) is 27.7 Å². The molecule has 0 aliphatic carbocycles. The zero-order valence-corrected chi connectivity index (χ0v) is 22.2. The maximum absolute atomic E-state index is 12.4. The molecule has 0 aromatic heterocycles. The molecule has 3 amide bonds. The normalized spacial score (nSPS) is 10.7. The number of carbonyl (C=O) groups is 3. The lowest BCUT2D eigenvalue weighted by Crippen LogP contribution is -2.32. The zero-order valence-electron chi connectivity index (χ0n) is 22.2. The summed E-state index contributed by atoms with van der Waals surface area (Å²) in [6, 6.07) is 16.3. The molecular weight excluding hydrogens is 484 g/mol. The summed E-state index contributed by atoms with van der Waals surface area (Å²) in [5.74, 6) is -1.22. The van der Waals surface area contributed by atoms with E-state index in [1.54, 1.807) is 18.2 Å². The fourth-order valence-electron chi connectivity index (χ4n) is 3.67. The van der Waals surface area contributed by atoms with Crippen LogP contribution in [0.2, 0.25) is 0 Å². The molecule has 9 nitrogen and oxygen atoms in total. The fraction of sp³-hybridized carbons (Fsp3) is 0.241. The smallest absolute Gasteiger partial charge is 0.329 e. The Balaban J connectivity index is 1.58. The monoisotopic (exact) mass is 516 g/mol. The average molecular weight is 517 g/mol. The van der Waals surface area contributed by atoms with Crippen molar-refractivity contribution in [2.45, 2.75) is 34.6 Å². The molecule has 0 spiro atoms. The van der Waals surface area contributed by atoms with Crippen LogP contribution < -0.4 is 25.5 Å². The summed E-state index contributed by atoms with van der Waals surface area (Å²) in [5, 5.41) is 9.32. The van der Waals surface area contributed by atoms with Gasteiger partial charge in [0.05, 0.1) is 12.8 Å². The van der Waals surface area contributed by atoms with E-state index in [1.165, 1.54) is 6.21 Å². The number of rotatable bonds is 9. The van der Waals surface area contributed by atoms with Crippen molar-refractivity contribution in [1.82, 2.24) is 5.43 Å². The molecule has 3 aromatic rings. The highest BCUT2D eigenvalue weighted by molar-refractivity contribution is 6.39. The largest absolute Gasteiger partial charge is 0.490 e. The van der Waals surface area contributed by atoms with Gasteiger partial charge in [-0.1, -0.05) is 35.9 Å². The van der Waals surface area contributed by atoms with E-state index in [9.17, 15) is 14.4 Å². The zero-order chi connectivity index (χ0) is 27.7. The van der Waals surface area contributed by atoms with E-state index in [-0.39, 0.29) is 12.5 Å². The lowest BCUT2D eigenvalue weighted by Gasteiger charge is -2.13. The van der Waals surface area contributed by atoms with Gasteiger partial charge in [0.1, 0.15) is 0 Å². The minimum Gasteiger partial charge on any atom is -0.490 e. The van der Waals surface area contributed by atoms with E-state index in [2.05, 4.69) is 21.2 Å². The summed E-state index contributed by atoms with van der Waals surface area (Å²) in [7, 11) is 0. The minimum atomic E-state index is -0.899. The first-order valence-corrected chi connectivity index (χ1v) is 12.1. The molecule has 0 aliphatic rings. The van der Waals surface area contributed by atoms with Crippen LogP contribution in [0.1, 0.15) is 34.7 Å². The number of amides is 3. The number of carbonyl (C=O) groups excluding carboxylic acids is 3. The number of aryl methyl sites for hydroxylation is 4. The van der Waals surface area contributed by atoms with Gasteiger partial charge in [-0.15, -0.1) is 0 Å². The van der Waals surface area contributed by atoms with Crippen LogP contribution in [0.5, 0.6) is 11.5 Å². The van der Waals surface area contributed by atoms with Crippen molar-refractivity contribution >= 4 is 35.3 Å². The highest BCUT2D eigenvalue weighted by Crippen LogP contribution is 2.28. The fourth-order valence-corrected chi connectivity index (χ4v) is 3.67. The molecule has 0 fully saturated rings. The average Bonchev–Trinajstić information content (AvgIpc) is 2.87. The van der Waals surface area contributed by atoms with Gasteiger partial charge in [0.2, 0.25) is 0 Å². The summed E-state index contributed by atoms with van der Waals surface area (Å²) < 4.78 is 11.3. The Morgan fingerprint density at radius 1 is 0.816 bits per heavy atom. The van der Waals surface area contributed by atoms with Crippen molar-refractivity contribution in [2.24, 2.45) is 5.10 Å². The molecule has 198 valence electrons. The number of ether oxygens (including phenoxy) is 2. The van der Waals surface area contributed by atoms with Crippen LogP contribution in [-0.4, -0.2) is 37.1 Å². The highest BCUT2D eigenvalue weighted by atomic mass is 16.5. The van der Waals surface area contributed by atoms with Crippen LogP contribution >= 0.6 is 0 Å². The standard InChI is InChI=1S/C29H32N4O5/c1-6-37-25-15-22(16-30-33-29(36)28(35)32-27-19(3)8-7-9-20(27)4)11-13-24(25)38-17-26(34)31-23-12-10-18(2)14-21(23)5/h7-16H,6,17H2,1-5H3,(H,31,34)(H,32,35)(H,33,36)/b30-16-. The summed E-state index contributed by atoms with van der Waals surface area (Å²) in [6.45, 7) is 9.61. The van der Waals surface area contributed by atoms with Gasteiger partial charge in [-0.25, -0.2) is 5.43 Å². The third-order valence-corrected chi connectivity index (χ3v) is 5.59. The summed E-state index contributed by atoms with van der Waals surface area (Å²) in [6.07, 6.45) is 1.38. The first-order valence-electron chi connectivity index (χ1n) is 12.1. The van der Waals surface area contributed by atoms with Crippen molar-refractivity contribution in [3.05, 3.63) is 82.4 Å². The van der Waals surface area contributed by atoms with E-state index >= 15 is 0 Å². The third-order valence-electron chi connectivity index (χ3n) is 5.59.